The molecule has 0 atom stereocenters. The fourth-order valence-electron chi connectivity index (χ4n) is 0. The Kier molecular flexibility index (Phi) is 47.7. The molecule has 0 radical (unpaired) electrons. The minimum absolute atomic E-state index is 0. The minimum Gasteiger partial charge on any atom is -0.894 e. The molecule has 0 rings (SSSR count). The van der Waals surface area contributed by atoms with Crippen LogP contribution >= 0.6 is 0 Å². The zero-order chi connectivity index (χ0) is 16.2. The van der Waals surface area contributed by atoms with Crippen LogP contribution in [0.2, 0.25) is 0 Å². The molecule has 12 N–H and O–H groups in total. The van der Waals surface area contributed by atoms with E-state index in [9.17, 15) is 0 Å². The van der Waals surface area contributed by atoms with Crippen molar-refractivity contribution in [3.8, 4) is 0 Å². The van der Waals surface area contributed by atoms with Crippen LogP contribution in [0.4, 0.5) is 0 Å². The van der Waals surface area contributed by atoms with Crippen molar-refractivity contribution in [2.24, 2.45) is 22.9 Å². The van der Waals surface area contributed by atoms with Crippen molar-refractivity contribution in [2.75, 3.05) is 0 Å². The summed E-state index contributed by atoms with van der Waals surface area (Å²) in [5.74, 6) is -0.667. The van der Waals surface area contributed by atoms with Gasteiger partial charge in [-0.25, -0.2) is 0 Å². The van der Waals surface area contributed by atoms with E-state index in [1.807, 2.05) is 0 Å². The van der Waals surface area contributed by atoms with E-state index < -0.39 is 18.1 Å². The molecule has 0 saturated heterocycles. The molecule has 0 saturated carbocycles. The van der Waals surface area contributed by atoms with Gasteiger partial charge in [0.1, 0.15) is 9.05 Å². The zero-order valence-corrected chi connectivity index (χ0v) is 17.0. The first kappa shape index (κ1) is 43.1. The van der Waals surface area contributed by atoms with Gasteiger partial charge in [-0.3, -0.25) is 10.8 Å². The summed E-state index contributed by atoms with van der Waals surface area (Å²) in [4.78, 5) is 66.1. The second-order valence-electron chi connectivity index (χ2n) is 1.96. The van der Waals surface area contributed by atoms with E-state index in [1.54, 1.807) is 0 Å². The van der Waals surface area contributed by atoms with Gasteiger partial charge in [0.15, 0.2) is 11.9 Å². The molecule has 0 aliphatic carbocycles. The van der Waals surface area contributed by atoms with Gasteiger partial charge in [0.25, 0.3) is 0 Å². The monoisotopic (exact) mass is 376 g/mol. The standard InChI is InChI=1S/2CH5N3.3Mg.H2O4Si.O4Si/c2*2-1(3)4;;;;2*1-5(2,3)4/h2*(H5,2,3,4);;;;1-2H;/q;;3*+2;-2;-4. The SMILES string of the molecule is N=C(N)N.N=C(N)N.[Mg+2].[Mg+2].[Mg+2].[O-][Si]([O-])(O)O.[O-][Si]([O-])([O-])[O-]. The Morgan fingerprint density at radius 1 is 0.667 bits per heavy atom. The topological polar surface area (TPSA) is 331 Å². The summed E-state index contributed by atoms with van der Waals surface area (Å²) in [5.41, 5.74) is 17.9. The molecule has 0 aromatic heterocycles. The Morgan fingerprint density at radius 2 is 0.667 bits per heavy atom. The fraction of sp³-hybridized carbons (Fsp3) is 0. The van der Waals surface area contributed by atoms with Crippen LogP contribution in [0, 0.1) is 10.8 Å². The Morgan fingerprint density at radius 3 is 0.667 bits per heavy atom. The van der Waals surface area contributed by atoms with Crippen LogP contribution in [-0.4, -0.2) is 109 Å². The van der Waals surface area contributed by atoms with Crippen molar-refractivity contribution in [3.63, 3.8) is 0 Å². The number of nitrogens with two attached hydrogens (primary N) is 4. The van der Waals surface area contributed by atoms with Crippen LogP contribution < -0.4 is 51.7 Å². The first-order valence-electron chi connectivity index (χ1n) is 3.33. The predicted octanol–water partition coefficient (Wildman–Crippen LogP) is -12.5. The Hall–Kier alpha value is 0.952. The maximum Gasteiger partial charge on any atom is 2.00 e. The van der Waals surface area contributed by atoms with E-state index in [0.717, 1.165) is 0 Å². The Labute approximate surface area is 170 Å². The van der Waals surface area contributed by atoms with Gasteiger partial charge < -0.3 is 70.3 Å². The normalized spacial score (nSPS) is 8.00. The average molecular weight is 377 g/mol. The van der Waals surface area contributed by atoms with Gasteiger partial charge in [0, 0.05) is 0 Å². The molecular weight excluding hydrogens is 365 g/mol. The first-order chi connectivity index (χ1) is 7.46. The molecule has 0 aliphatic heterocycles. The number of hydrogen-bond donors (Lipinski definition) is 8. The van der Waals surface area contributed by atoms with Crippen LogP contribution in [0.3, 0.4) is 0 Å². The second kappa shape index (κ2) is 23.2. The van der Waals surface area contributed by atoms with Crippen LogP contribution in [-0.2, 0) is 0 Å². The van der Waals surface area contributed by atoms with Gasteiger partial charge in [-0.15, -0.1) is 0 Å². The summed E-state index contributed by atoms with van der Waals surface area (Å²) in [7, 11) is -10.7. The Bertz CT molecular complexity index is 193. The summed E-state index contributed by atoms with van der Waals surface area (Å²) in [6.45, 7) is 0. The quantitative estimate of drug-likeness (QED) is 0.111. The van der Waals surface area contributed by atoms with Gasteiger partial charge in [-0.2, -0.15) is 0 Å². The van der Waals surface area contributed by atoms with E-state index >= 15 is 0 Å². The third-order valence-corrected chi connectivity index (χ3v) is 0. The number of hydrogen-bond acceptors (Lipinski definition) is 10. The molecule has 21 heavy (non-hydrogen) atoms. The molecule has 14 nitrogen and oxygen atoms in total. The summed E-state index contributed by atoms with van der Waals surface area (Å²) >= 11 is 0. The molecule has 112 valence electrons. The van der Waals surface area contributed by atoms with Crippen molar-refractivity contribution in [2.45, 2.75) is 0 Å². The molecule has 0 aromatic rings. The summed E-state index contributed by atoms with van der Waals surface area (Å²) < 4.78 is 0. The van der Waals surface area contributed by atoms with Crippen molar-refractivity contribution >= 4 is 99.2 Å². The molecule has 0 fully saturated rings. The molecule has 0 spiro atoms. The summed E-state index contributed by atoms with van der Waals surface area (Å²) in [6, 6.07) is 0. The third-order valence-electron chi connectivity index (χ3n) is 0. The van der Waals surface area contributed by atoms with Gasteiger partial charge in [-0.1, -0.05) is 0 Å². The van der Waals surface area contributed by atoms with E-state index in [0.29, 0.717) is 0 Å². The van der Waals surface area contributed by atoms with E-state index in [1.165, 1.54) is 0 Å². The third kappa shape index (κ3) is 8300. The number of nitrogens with one attached hydrogen (secondary N) is 2. The number of guanidine groups is 2. The largest absolute Gasteiger partial charge is 2.00 e. The van der Waals surface area contributed by atoms with Crippen molar-refractivity contribution < 1.29 is 38.4 Å². The van der Waals surface area contributed by atoms with Gasteiger partial charge in [0.2, 0.25) is 0 Å². The van der Waals surface area contributed by atoms with Gasteiger partial charge in [0.05, 0.1) is 0 Å². The minimum atomic E-state index is -5.61. The first-order valence-corrected chi connectivity index (χ1v) is 6.67. The van der Waals surface area contributed by atoms with E-state index in [-0.39, 0.29) is 81.1 Å². The maximum atomic E-state index is 8.80. The predicted molar refractivity (Wildman–Crippen MR) is 65.4 cm³/mol. The molecule has 0 amide bonds. The van der Waals surface area contributed by atoms with Crippen LogP contribution in [0.1, 0.15) is 0 Å². The van der Waals surface area contributed by atoms with Crippen LogP contribution in [0.15, 0.2) is 0 Å². The number of rotatable bonds is 0. The molecule has 0 aromatic carbocycles. The molecular formula is C2H12Mg3N6O8Si2. The molecule has 0 unspecified atom stereocenters. The van der Waals surface area contributed by atoms with Crippen LogP contribution in [0.5, 0.6) is 0 Å². The summed E-state index contributed by atoms with van der Waals surface area (Å²) in [6.07, 6.45) is 0. The average Bonchev–Trinajstić information content (AvgIpc) is 1.70. The molecule has 19 heteroatoms. The zero-order valence-electron chi connectivity index (χ0n) is 10.8. The van der Waals surface area contributed by atoms with Crippen molar-refractivity contribution in [3.05, 3.63) is 0 Å². The summed E-state index contributed by atoms with van der Waals surface area (Å²) in [5, 5.41) is 12.1. The van der Waals surface area contributed by atoms with Gasteiger partial charge >= 0.3 is 69.2 Å². The van der Waals surface area contributed by atoms with Crippen LogP contribution in [0.25, 0.3) is 0 Å². The van der Waals surface area contributed by atoms with Gasteiger partial charge in [-0.05, 0) is 0 Å². The van der Waals surface area contributed by atoms with Crippen molar-refractivity contribution in [1.29, 1.82) is 10.8 Å². The maximum absolute atomic E-state index is 8.80. The molecule has 0 bridgehead atoms. The molecule has 0 heterocycles. The Balaban J connectivity index is -0.0000000239. The second-order valence-corrected chi connectivity index (χ2v) is 4.06. The van der Waals surface area contributed by atoms with Crippen molar-refractivity contribution in [1.82, 2.24) is 0 Å². The molecule has 0 aliphatic rings. The smallest absolute Gasteiger partial charge is 0.894 e. The fourth-order valence-corrected chi connectivity index (χ4v) is 0. The van der Waals surface area contributed by atoms with E-state index in [2.05, 4.69) is 22.9 Å². The van der Waals surface area contributed by atoms with E-state index in [4.69, 9.17) is 49.2 Å².